The van der Waals surface area contributed by atoms with E-state index < -0.39 is 0 Å². The first kappa shape index (κ1) is 13.5. The molecule has 0 saturated heterocycles. The van der Waals surface area contributed by atoms with Gasteiger partial charge in [0.05, 0.1) is 18.0 Å². The Hall–Kier alpha value is -0.910. The second-order valence-electron chi connectivity index (χ2n) is 4.43. The Morgan fingerprint density at radius 3 is 2.89 bits per heavy atom. The number of hydrogen-bond acceptors (Lipinski definition) is 5. The molecule has 2 aromatic heterocycles. The topological polar surface area (TPSA) is 47.0 Å². The van der Waals surface area contributed by atoms with E-state index in [2.05, 4.69) is 29.1 Å². The molecule has 0 fully saturated rings. The first-order chi connectivity index (χ1) is 8.61. The van der Waals surface area contributed by atoms with E-state index >= 15 is 0 Å². The van der Waals surface area contributed by atoms with Crippen LogP contribution >= 0.6 is 22.9 Å². The molecule has 0 radical (unpaired) electrons. The zero-order valence-electron chi connectivity index (χ0n) is 10.6. The van der Waals surface area contributed by atoms with Gasteiger partial charge < -0.3 is 10.1 Å². The summed E-state index contributed by atoms with van der Waals surface area (Å²) in [5.41, 5.74) is 0. The summed E-state index contributed by atoms with van der Waals surface area (Å²) in [7, 11) is 1.70. The highest BCUT2D eigenvalue weighted by Crippen LogP contribution is 2.27. The minimum Gasteiger partial charge on any atom is -0.383 e. The fraction of sp³-hybridized carbons (Fsp3) is 0.500. The van der Waals surface area contributed by atoms with Crippen molar-refractivity contribution in [1.82, 2.24) is 9.97 Å². The van der Waals surface area contributed by atoms with Crippen molar-refractivity contribution in [3.8, 4) is 0 Å². The number of thiophene rings is 1. The van der Waals surface area contributed by atoms with Crippen LogP contribution in [0.25, 0.3) is 10.2 Å². The average Bonchev–Trinajstić information content (AvgIpc) is 2.76. The standard InChI is InChI=1S/C12H16ClN3OS/c1-7(2)9(6-17-3)14-10-8-4-5-18-11(8)16-12(13)15-10/h4-5,7,9H,6H2,1-3H3,(H,14,15,16). The van der Waals surface area contributed by atoms with Crippen molar-refractivity contribution in [3.63, 3.8) is 0 Å². The Balaban J connectivity index is 2.32. The summed E-state index contributed by atoms with van der Waals surface area (Å²) in [6.07, 6.45) is 0. The summed E-state index contributed by atoms with van der Waals surface area (Å²) < 4.78 is 5.22. The van der Waals surface area contributed by atoms with Gasteiger partial charge in [-0.05, 0) is 29.0 Å². The largest absolute Gasteiger partial charge is 0.383 e. The minimum atomic E-state index is 0.198. The van der Waals surface area contributed by atoms with Crippen LogP contribution in [-0.2, 0) is 4.74 Å². The Morgan fingerprint density at radius 2 is 2.22 bits per heavy atom. The van der Waals surface area contributed by atoms with Crippen molar-refractivity contribution in [2.75, 3.05) is 19.0 Å². The summed E-state index contributed by atoms with van der Waals surface area (Å²) in [6, 6.07) is 2.20. The van der Waals surface area contributed by atoms with Gasteiger partial charge in [0.15, 0.2) is 0 Å². The third kappa shape index (κ3) is 2.91. The molecule has 0 aliphatic rings. The summed E-state index contributed by atoms with van der Waals surface area (Å²) in [4.78, 5) is 9.37. The number of hydrogen-bond donors (Lipinski definition) is 1. The van der Waals surface area contributed by atoms with Crippen molar-refractivity contribution >= 4 is 39.0 Å². The van der Waals surface area contributed by atoms with Gasteiger partial charge in [-0.1, -0.05) is 13.8 Å². The van der Waals surface area contributed by atoms with Gasteiger partial charge in [-0.2, -0.15) is 0 Å². The third-order valence-corrected chi connectivity index (χ3v) is 3.75. The van der Waals surface area contributed by atoms with Crippen LogP contribution in [0.15, 0.2) is 11.4 Å². The monoisotopic (exact) mass is 285 g/mol. The van der Waals surface area contributed by atoms with Crippen molar-refractivity contribution in [1.29, 1.82) is 0 Å². The molecular formula is C12H16ClN3OS. The summed E-state index contributed by atoms with van der Waals surface area (Å²) in [6.45, 7) is 4.92. The van der Waals surface area contributed by atoms with E-state index in [1.165, 1.54) is 0 Å². The molecule has 2 heterocycles. The molecule has 2 rings (SSSR count). The number of fused-ring (bicyclic) bond motifs is 1. The number of halogens is 1. The number of nitrogens with zero attached hydrogens (tertiary/aromatic N) is 2. The predicted octanol–water partition coefficient (Wildman–Crippen LogP) is 3.43. The maximum Gasteiger partial charge on any atom is 0.225 e. The van der Waals surface area contributed by atoms with Crippen LogP contribution in [0.5, 0.6) is 0 Å². The Morgan fingerprint density at radius 1 is 1.44 bits per heavy atom. The Kier molecular flexibility index (Phi) is 4.37. The van der Waals surface area contributed by atoms with Gasteiger partial charge in [-0.15, -0.1) is 11.3 Å². The van der Waals surface area contributed by atoms with Crippen LogP contribution in [0.3, 0.4) is 0 Å². The molecule has 1 N–H and O–H groups in total. The van der Waals surface area contributed by atoms with Gasteiger partial charge in [0, 0.05) is 7.11 Å². The van der Waals surface area contributed by atoms with Crippen molar-refractivity contribution < 1.29 is 4.74 Å². The fourth-order valence-corrected chi connectivity index (χ4v) is 2.68. The van der Waals surface area contributed by atoms with E-state index in [0.29, 0.717) is 12.5 Å². The second-order valence-corrected chi connectivity index (χ2v) is 5.66. The first-order valence-corrected chi connectivity index (χ1v) is 7.03. The van der Waals surface area contributed by atoms with Crippen molar-refractivity contribution in [2.24, 2.45) is 5.92 Å². The molecule has 98 valence electrons. The maximum atomic E-state index is 5.93. The molecule has 0 spiro atoms. The number of ether oxygens (including phenoxy) is 1. The SMILES string of the molecule is COCC(Nc1nc(Cl)nc2sccc12)C(C)C. The van der Waals surface area contributed by atoms with Crippen LogP contribution in [-0.4, -0.2) is 29.7 Å². The summed E-state index contributed by atoms with van der Waals surface area (Å²) in [5.74, 6) is 1.22. The van der Waals surface area contributed by atoms with E-state index in [4.69, 9.17) is 16.3 Å². The van der Waals surface area contributed by atoms with Crippen LogP contribution in [0.4, 0.5) is 5.82 Å². The number of rotatable bonds is 5. The molecule has 0 saturated carbocycles. The molecule has 6 heteroatoms. The molecule has 0 bridgehead atoms. The number of nitrogens with one attached hydrogen (secondary N) is 1. The zero-order valence-corrected chi connectivity index (χ0v) is 12.2. The quantitative estimate of drug-likeness (QED) is 0.855. The second kappa shape index (κ2) is 5.82. The molecule has 18 heavy (non-hydrogen) atoms. The molecule has 2 aromatic rings. The lowest BCUT2D eigenvalue weighted by Crippen LogP contribution is -2.30. The minimum absolute atomic E-state index is 0.198. The Labute approximate surface area is 115 Å². The molecule has 1 unspecified atom stereocenters. The highest BCUT2D eigenvalue weighted by molar-refractivity contribution is 7.16. The van der Waals surface area contributed by atoms with Crippen molar-refractivity contribution in [3.05, 3.63) is 16.7 Å². The lowest BCUT2D eigenvalue weighted by atomic mass is 10.1. The summed E-state index contributed by atoms with van der Waals surface area (Å²) in [5, 5.41) is 6.66. The molecule has 0 aliphatic heterocycles. The molecular weight excluding hydrogens is 270 g/mol. The third-order valence-electron chi connectivity index (χ3n) is 2.77. The van der Waals surface area contributed by atoms with Gasteiger partial charge in [-0.25, -0.2) is 9.97 Å². The van der Waals surface area contributed by atoms with E-state index in [0.717, 1.165) is 16.0 Å². The Bertz CT molecular complexity index is 529. The van der Waals surface area contributed by atoms with E-state index in [9.17, 15) is 0 Å². The number of methoxy groups -OCH3 is 1. The molecule has 0 amide bonds. The van der Waals surface area contributed by atoms with E-state index in [1.807, 2.05) is 11.4 Å². The van der Waals surface area contributed by atoms with Crippen LogP contribution in [0, 0.1) is 5.92 Å². The first-order valence-electron chi connectivity index (χ1n) is 5.78. The van der Waals surface area contributed by atoms with Gasteiger partial charge in [0.2, 0.25) is 5.28 Å². The predicted molar refractivity (Wildman–Crippen MR) is 76.5 cm³/mol. The van der Waals surface area contributed by atoms with Gasteiger partial charge in [0.1, 0.15) is 10.6 Å². The molecule has 1 atom stereocenters. The van der Waals surface area contributed by atoms with Crippen LogP contribution < -0.4 is 5.32 Å². The normalized spacial score (nSPS) is 13.2. The maximum absolute atomic E-state index is 5.93. The fourth-order valence-electron chi connectivity index (χ4n) is 1.70. The van der Waals surface area contributed by atoms with E-state index in [1.54, 1.807) is 18.4 Å². The molecule has 0 aliphatic carbocycles. The number of anilines is 1. The van der Waals surface area contributed by atoms with Crippen LogP contribution in [0.2, 0.25) is 5.28 Å². The summed E-state index contributed by atoms with van der Waals surface area (Å²) >= 11 is 7.49. The van der Waals surface area contributed by atoms with Gasteiger partial charge in [0.25, 0.3) is 0 Å². The van der Waals surface area contributed by atoms with Crippen LogP contribution in [0.1, 0.15) is 13.8 Å². The van der Waals surface area contributed by atoms with Gasteiger partial charge >= 0.3 is 0 Å². The highest BCUT2D eigenvalue weighted by atomic mass is 35.5. The van der Waals surface area contributed by atoms with Gasteiger partial charge in [-0.3, -0.25) is 0 Å². The number of aromatic nitrogens is 2. The molecule has 0 aromatic carbocycles. The average molecular weight is 286 g/mol. The lowest BCUT2D eigenvalue weighted by molar-refractivity contribution is 0.171. The van der Waals surface area contributed by atoms with Crippen molar-refractivity contribution in [2.45, 2.75) is 19.9 Å². The zero-order chi connectivity index (χ0) is 13.1. The smallest absolute Gasteiger partial charge is 0.225 e. The molecule has 4 nitrogen and oxygen atoms in total. The van der Waals surface area contributed by atoms with E-state index in [-0.39, 0.29) is 11.3 Å². The lowest BCUT2D eigenvalue weighted by Gasteiger charge is -2.22. The highest BCUT2D eigenvalue weighted by Gasteiger charge is 2.16.